The molecule has 0 spiro atoms. The second-order valence-corrected chi connectivity index (χ2v) is 8.38. The van der Waals surface area contributed by atoms with Crippen LogP contribution in [0.4, 0.5) is 19.0 Å². The molecular weight excluding hydrogens is 389 g/mol. The fourth-order valence-electron chi connectivity index (χ4n) is 4.16. The SMILES string of the molecule is CCCC(=O)N1CCC[C@H]1c1cc2n(n1)[C@@H](C(F)(F)F)C[C@@H](c1cccs1)N2. The molecule has 152 valence electrons. The van der Waals surface area contributed by atoms with Crippen LogP contribution in [0.3, 0.4) is 0 Å². The summed E-state index contributed by atoms with van der Waals surface area (Å²) in [5, 5.41) is 9.42. The molecule has 1 amide bonds. The number of likely N-dealkylation sites (tertiary alicyclic amines) is 1. The van der Waals surface area contributed by atoms with E-state index in [1.54, 1.807) is 11.0 Å². The number of halogens is 3. The first kappa shape index (κ1) is 19.3. The first-order chi connectivity index (χ1) is 13.4. The molecule has 4 rings (SSSR count). The third-order valence-electron chi connectivity index (χ3n) is 5.47. The van der Waals surface area contributed by atoms with E-state index in [1.807, 2.05) is 24.4 Å². The van der Waals surface area contributed by atoms with E-state index in [0.717, 1.165) is 28.8 Å². The lowest BCUT2D eigenvalue weighted by Crippen LogP contribution is -2.35. The number of carbonyl (C=O) groups excluding carboxylic acids is 1. The smallest absolute Gasteiger partial charge is 0.363 e. The lowest BCUT2D eigenvalue weighted by Gasteiger charge is -2.32. The van der Waals surface area contributed by atoms with Gasteiger partial charge >= 0.3 is 6.18 Å². The largest absolute Gasteiger partial charge is 0.410 e. The average Bonchev–Trinajstić information content (AvgIpc) is 3.38. The van der Waals surface area contributed by atoms with E-state index in [2.05, 4.69) is 10.4 Å². The monoisotopic (exact) mass is 412 g/mol. The fraction of sp³-hybridized carbons (Fsp3) is 0.579. The topological polar surface area (TPSA) is 50.2 Å². The Kier molecular flexibility index (Phi) is 5.11. The summed E-state index contributed by atoms with van der Waals surface area (Å²) in [6.45, 7) is 2.58. The molecule has 0 aromatic carbocycles. The van der Waals surface area contributed by atoms with Crippen LogP contribution in [0.5, 0.6) is 0 Å². The standard InChI is InChI=1S/C19H23F3N4OS/c1-2-5-18(27)25-8-3-6-14(25)12-11-17-23-13(15-7-4-9-28-15)10-16(19(20,21)22)26(17)24-12/h4,7,9,11,13-14,16,23H,2-3,5-6,8,10H2,1H3/t13-,14-,16+/m0/s1. The van der Waals surface area contributed by atoms with Gasteiger partial charge in [-0.2, -0.15) is 18.3 Å². The van der Waals surface area contributed by atoms with Crippen molar-refractivity contribution in [3.8, 4) is 0 Å². The molecule has 2 aromatic rings. The molecule has 4 heterocycles. The molecule has 9 heteroatoms. The number of nitrogens with one attached hydrogen (secondary N) is 1. The van der Waals surface area contributed by atoms with E-state index >= 15 is 0 Å². The van der Waals surface area contributed by atoms with Gasteiger partial charge < -0.3 is 10.2 Å². The summed E-state index contributed by atoms with van der Waals surface area (Å²) in [6, 6.07) is 3.08. The molecule has 2 aliphatic heterocycles. The van der Waals surface area contributed by atoms with Gasteiger partial charge in [0, 0.05) is 30.3 Å². The van der Waals surface area contributed by atoms with Gasteiger partial charge in [0.1, 0.15) is 5.82 Å². The van der Waals surface area contributed by atoms with Gasteiger partial charge in [-0.3, -0.25) is 4.79 Å². The van der Waals surface area contributed by atoms with Gasteiger partial charge in [-0.05, 0) is 30.7 Å². The summed E-state index contributed by atoms with van der Waals surface area (Å²) in [5.74, 6) is 0.421. The lowest BCUT2D eigenvalue weighted by molar-refractivity contribution is -0.173. The third kappa shape index (κ3) is 3.52. The number of aromatic nitrogens is 2. The van der Waals surface area contributed by atoms with Crippen molar-refractivity contribution in [2.24, 2.45) is 0 Å². The molecule has 0 saturated carbocycles. The zero-order valence-electron chi connectivity index (χ0n) is 15.6. The quantitative estimate of drug-likeness (QED) is 0.763. The van der Waals surface area contributed by atoms with Gasteiger partial charge in [-0.1, -0.05) is 13.0 Å². The fourth-order valence-corrected chi connectivity index (χ4v) is 4.95. The van der Waals surface area contributed by atoms with E-state index in [1.165, 1.54) is 11.3 Å². The van der Waals surface area contributed by atoms with Crippen molar-refractivity contribution in [2.75, 3.05) is 11.9 Å². The molecule has 1 saturated heterocycles. The summed E-state index contributed by atoms with van der Waals surface area (Å²) in [6.07, 6.45) is -1.70. The number of rotatable bonds is 4. The zero-order valence-corrected chi connectivity index (χ0v) is 16.4. The molecule has 1 N–H and O–H groups in total. The van der Waals surface area contributed by atoms with E-state index < -0.39 is 18.3 Å². The molecule has 2 aromatic heterocycles. The van der Waals surface area contributed by atoms with Gasteiger partial charge in [0.15, 0.2) is 6.04 Å². The second-order valence-electron chi connectivity index (χ2n) is 7.40. The summed E-state index contributed by atoms with van der Waals surface area (Å²) >= 11 is 1.45. The lowest BCUT2D eigenvalue weighted by atomic mass is 10.0. The Hall–Kier alpha value is -2.03. The zero-order chi connectivity index (χ0) is 19.9. The summed E-state index contributed by atoms with van der Waals surface area (Å²) in [4.78, 5) is 15.1. The van der Waals surface area contributed by atoms with Crippen LogP contribution in [0.1, 0.15) is 67.7 Å². The minimum absolute atomic E-state index is 0.0489. The van der Waals surface area contributed by atoms with E-state index in [0.29, 0.717) is 24.5 Å². The van der Waals surface area contributed by atoms with Crippen LogP contribution in [0, 0.1) is 0 Å². The van der Waals surface area contributed by atoms with Gasteiger partial charge in [-0.15, -0.1) is 11.3 Å². The third-order valence-corrected chi connectivity index (χ3v) is 6.46. The number of hydrogen-bond donors (Lipinski definition) is 1. The maximum Gasteiger partial charge on any atom is 0.410 e. The number of anilines is 1. The van der Waals surface area contributed by atoms with Gasteiger partial charge in [0.05, 0.1) is 17.8 Å². The van der Waals surface area contributed by atoms with Gasteiger partial charge in [0.25, 0.3) is 0 Å². The maximum atomic E-state index is 13.8. The average molecular weight is 412 g/mol. The van der Waals surface area contributed by atoms with Crippen molar-refractivity contribution < 1.29 is 18.0 Å². The predicted molar refractivity (Wildman–Crippen MR) is 101 cm³/mol. The Labute approximate surface area is 165 Å². The Bertz CT molecular complexity index is 833. The van der Waals surface area contributed by atoms with Crippen LogP contribution in [-0.4, -0.2) is 33.3 Å². The normalized spacial score (nSPS) is 24.9. The molecule has 1 fully saturated rings. The van der Waals surface area contributed by atoms with E-state index in [9.17, 15) is 18.0 Å². The minimum atomic E-state index is -4.39. The highest BCUT2D eigenvalue weighted by molar-refractivity contribution is 7.10. The maximum absolute atomic E-state index is 13.8. The van der Waals surface area contributed by atoms with Crippen molar-refractivity contribution in [1.82, 2.24) is 14.7 Å². The van der Waals surface area contributed by atoms with E-state index in [-0.39, 0.29) is 18.4 Å². The molecule has 0 unspecified atom stereocenters. The molecule has 28 heavy (non-hydrogen) atoms. The number of nitrogens with zero attached hydrogens (tertiary/aromatic N) is 3. The van der Waals surface area contributed by atoms with Crippen LogP contribution in [-0.2, 0) is 4.79 Å². The first-order valence-electron chi connectivity index (χ1n) is 9.64. The summed E-state index contributed by atoms with van der Waals surface area (Å²) in [5.41, 5.74) is 0.547. The molecular formula is C19H23F3N4OS. The van der Waals surface area contributed by atoms with Crippen molar-refractivity contribution in [3.05, 3.63) is 34.2 Å². The Balaban J connectivity index is 1.66. The highest BCUT2D eigenvalue weighted by Gasteiger charge is 2.47. The molecule has 5 nitrogen and oxygen atoms in total. The van der Waals surface area contributed by atoms with E-state index in [4.69, 9.17) is 0 Å². The van der Waals surface area contributed by atoms with Gasteiger partial charge in [-0.25, -0.2) is 4.68 Å². The number of carbonyl (C=O) groups is 1. The number of amides is 1. The molecule has 3 atom stereocenters. The number of thiophene rings is 1. The Morgan fingerprint density at radius 1 is 1.43 bits per heavy atom. The van der Waals surface area contributed by atoms with Crippen LogP contribution >= 0.6 is 11.3 Å². The molecule has 0 radical (unpaired) electrons. The van der Waals surface area contributed by atoms with Gasteiger partial charge in [0.2, 0.25) is 5.91 Å². The summed E-state index contributed by atoms with van der Waals surface area (Å²) in [7, 11) is 0. The van der Waals surface area contributed by atoms with Crippen molar-refractivity contribution in [2.45, 2.75) is 63.3 Å². The van der Waals surface area contributed by atoms with Crippen molar-refractivity contribution >= 4 is 23.1 Å². The highest BCUT2D eigenvalue weighted by Crippen LogP contribution is 2.45. The van der Waals surface area contributed by atoms with Crippen LogP contribution in [0.25, 0.3) is 0 Å². The number of fused-ring (bicyclic) bond motifs is 1. The Morgan fingerprint density at radius 3 is 2.93 bits per heavy atom. The Morgan fingerprint density at radius 2 is 2.25 bits per heavy atom. The molecule has 0 bridgehead atoms. The van der Waals surface area contributed by atoms with Crippen LogP contribution < -0.4 is 5.32 Å². The predicted octanol–water partition coefficient (Wildman–Crippen LogP) is 5.07. The van der Waals surface area contributed by atoms with Crippen molar-refractivity contribution in [3.63, 3.8) is 0 Å². The number of hydrogen-bond acceptors (Lipinski definition) is 4. The first-order valence-corrected chi connectivity index (χ1v) is 10.5. The van der Waals surface area contributed by atoms with Crippen molar-refractivity contribution in [1.29, 1.82) is 0 Å². The number of alkyl halides is 3. The minimum Gasteiger partial charge on any atom is -0.363 e. The second kappa shape index (κ2) is 7.42. The highest BCUT2D eigenvalue weighted by atomic mass is 32.1. The van der Waals surface area contributed by atoms with Crippen LogP contribution in [0.15, 0.2) is 23.6 Å². The van der Waals surface area contributed by atoms with Crippen LogP contribution in [0.2, 0.25) is 0 Å². The summed E-state index contributed by atoms with van der Waals surface area (Å²) < 4.78 is 42.4. The molecule has 0 aliphatic carbocycles. The molecule has 2 aliphatic rings.